The summed E-state index contributed by atoms with van der Waals surface area (Å²) in [4.78, 5) is 61.2. The molecule has 0 saturated carbocycles. The average molecular weight is 461 g/mol. The minimum atomic E-state index is -1.26. The van der Waals surface area contributed by atoms with Crippen LogP contribution in [0.3, 0.4) is 0 Å². The van der Waals surface area contributed by atoms with Gasteiger partial charge in [0.05, 0.1) is 38.4 Å². The zero-order valence-corrected chi connectivity index (χ0v) is 18.8. The van der Waals surface area contributed by atoms with Crippen LogP contribution >= 0.6 is 0 Å². The van der Waals surface area contributed by atoms with Gasteiger partial charge in [-0.15, -0.1) is 0 Å². The first-order chi connectivity index (χ1) is 15.8. The van der Waals surface area contributed by atoms with Crippen LogP contribution in [-0.4, -0.2) is 48.9 Å². The van der Waals surface area contributed by atoms with Crippen molar-refractivity contribution >= 4 is 28.8 Å². The Morgan fingerprint density at radius 2 is 1.52 bits per heavy atom. The Bertz CT molecular complexity index is 1100. The predicted octanol–water partition coefficient (Wildman–Crippen LogP) is 1.44. The summed E-state index contributed by atoms with van der Waals surface area (Å²) in [7, 11) is 0. The van der Waals surface area contributed by atoms with Crippen LogP contribution in [0, 0.1) is 5.92 Å². The lowest BCUT2D eigenvalue weighted by atomic mass is 10.1. The summed E-state index contributed by atoms with van der Waals surface area (Å²) in [5, 5.41) is 0.136. The standard InChI is InChI=1S/C23H27NO9/c1-4-30-21(27)10-12-33-20-13-15-17(7-8-19(20)26)24(11-9-18(15)25)14-16(22(28)31-5-2)23(29)32-6-3/h7-9,11,13,16H,4-6,10,12,14H2,1-3H3. The Kier molecular flexibility index (Phi) is 9.59. The van der Waals surface area contributed by atoms with Gasteiger partial charge in [-0.1, -0.05) is 0 Å². The molecule has 10 heteroatoms. The van der Waals surface area contributed by atoms with Gasteiger partial charge in [-0.25, -0.2) is 0 Å². The van der Waals surface area contributed by atoms with Crippen LogP contribution in [0.5, 0.6) is 5.75 Å². The molecule has 0 aliphatic carbocycles. The fourth-order valence-electron chi connectivity index (χ4n) is 3.06. The highest BCUT2D eigenvalue weighted by Crippen LogP contribution is 2.16. The maximum atomic E-state index is 12.5. The molecular formula is C23H27NO9. The molecule has 10 nitrogen and oxygen atoms in total. The number of nitrogens with zero attached hydrogens (tertiary/aromatic N) is 1. The first-order valence-corrected chi connectivity index (χ1v) is 10.6. The molecule has 33 heavy (non-hydrogen) atoms. The molecule has 0 atom stereocenters. The van der Waals surface area contributed by atoms with Gasteiger partial charge in [0.15, 0.2) is 17.1 Å². The molecule has 2 rings (SSSR count). The number of hydrogen-bond acceptors (Lipinski definition) is 9. The summed E-state index contributed by atoms with van der Waals surface area (Å²) in [6.07, 6.45) is 1.36. The van der Waals surface area contributed by atoms with E-state index >= 15 is 0 Å². The van der Waals surface area contributed by atoms with Crippen molar-refractivity contribution in [1.29, 1.82) is 0 Å². The number of aromatic nitrogens is 1. The molecule has 0 bridgehead atoms. The quantitative estimate of drug-likeness (QED) is 0.277. The topological polar surface area (TPSA) is 127 Å². The van der Waals surface area contributed by atoms with Gasteiger partial charge in [-0.05, 0) is 39.0 Å². The number of ether oxygens (including phenoxy) is 4. The third kappa shape index (κ3) is 6.90. The summed E-state index contributed by atoms with van der Waals surface area (Å²) in [6.45, 7) is 5.05. The lowest BCUT2D eigenvalue weighted by Gasteiger charge is -2.17. The van der Waals surface area contributed by atoms with Gasteiger partial charge in [0.2, 0.25) is 5.43 Å². The molecule has 0 aliphatic rings. The molecule has 0 N–H and O–H groups in total. The molecule has 0 aliphatic heterocycles. The number of rotatable bonds is 11. The Labute approximate surface area is 190 Å². The maximum absolute atomic E-state index is 12.5. The molecule has 0 unspecified atom stereocenters. The molecule has 1 heterocycles. The molecular weight excluding hydrogens is 434 g/mol. The Balaban J connectivity index is 2.44. The summed E-state index contributed by atoms with van der Waals surface area (Å²) >= 11 is 0. The van der Waals surface area contributed by atoms with E-state index < -0.39 is 34.7 Å². The minimum Gasteiger partial charge on any atom is -0.489 e. The predicted molar refractivity (Wildman–Crippen MR) is 118 cm³/mol. The van der Waals surface area contributed by atoms with E-state index in [1.54, 1.807) is 20.8 Å². The SMILES string of the molecule is CCOC(=O)CCOc1cc2c(=O)ccn(CC(C(=O)OCC)C(=O)OCC)c2ccc1=O. The van der Waals surface area contributed by atoms with E-state index in [-0.39, 0.29) is 50.5 Å². The lowest BCUT2D eigenvalue weighted by molar-refractivity contribution is -0.162. The van der Waals surface area contributed by atoms with E-state index in [0.29, 0.717) is 5.52 Å². The zero-order chi connectivity index (χ0) is 24.4. The van der Waals surface area contributed by atoms with E-state index in [1.165, 1.54) is 35.0 Å². The van der Waals surface area contributed by atoms with E-state index in [4.69, 9.17) is 18.9 Å². The summed E-state index contributed by atoms with van der Waals surface area (Å²) in [6, 6.07) is 5.15. The number of carbonyl (C=O) groups is 3. The molecule has 0 saturated heterocycles. The monoisotopic (exact) mass is 461 g/mol. The van der Waals surface area contributed by atoms with Gasteiger partial charge in [-0.3, -0.25) is 24.0 Å². The number of carbonyl (C=O) groups excluding carboxylic acids is 3. The Hall–Kier alpha value is -3.69. The van der Waals surface area contributed by atoms with Crippen molar-refractivity contribution in [2.24, 2.45) is 5.92 Å². The second kappa shape index (κ2) is 12.4. The van der Waals surface area contributed by atoms with Gasteiger partial charge in [0, 0.05) is 24.2 Å². The Morgan fingerprint density at radius 1 is 0.879 bits per heavy atom. The molecule has 1 aromatic heterocycles. The number of fused-ring (bicyclic) bond motifs is 1. The number of pyridine rings is 1. The molecule has 2 aromatic rings. The molecule has 0 radical (unpaired) electrons. The Morgan fingerprint density at radius 3 is 2.12 bits per heavy atom. The maximum Gasteiger partial charge on any atom is 0.322 e. The first-order valence-electron chi connectivity index (χ1n) is 10.6. The summed E-state index contributed by atoms with van der Waals surface area (Å²) < 4.78 is 21.7. The van der Waals surface area contributed by atoms with Crippen molar-refractivity contribution in [3.05, 3.63) is 50.9 Å². The minimum absolute atomic E-state index is 0.0607. The van der Waals surface area contributed by atoms with Gasteiger partial charge in [0.25, 0.3) is 0 Å². The highest BCUT2D eigenvalue weighted by atomic mass is 16.6. The molecule has 1 aromatic carbocycles. The summed E-state index contributed by atoms with van der Waals surface area (Å²) in [5.41, 5.74) is -0.595. The van der Waals surface area contributed by atoms with Crippen LogP contribution in [0.2, 0.25) is 0 Å². The average Bonchev–Trinajstić information content (AvgIpc) is 2.94. The zero-order valence-electron chi connectivity index (χ0n) is 18.8. The van der Waals surface area contributed by atoms with Crippen molar-refractivity contribution in [3.8, 4) is 5.75 Å². The van der Waals surface area contributed by atoms with E-state index in [9.17, 15) is 24.0 Å². The van der Waals surface area contributed by atoms with Crippen LogP contribution in [0.4, 0.5) is 0 Å². The van der Waals surface area contributed by atoms with Crippen LogP contribution in [0.15, 0.2) is 40.1 Å². The third-order valence-electron chi connectivity index (χ3n) is 4.56. The van der Waals surface area contributed by atoms with Crippen molar-refractivity contribution in [2.75, 3.05) is 26.4 Å². The van der Waals surface area contributed by atoms with E-state index in [1.807, 2.05) is 0 Å². The van der Waals surface area contributed by atoms with Crippen LogP contribution in [0.1, 0.15) is 27.2 Å². The molecule has 178 valence electrons. The first kappa shape index (κ1) is 25.6. The lowest BCUT2D eigenvalue weighted by Crippen LogP contribution is -2.32. The number of hydrogen-bond donors (Lipinski definition) is 0. The molecule has 0 spiro atoms. The van der Waals surface area contributed by atoms with Crippen LogP contribution in [-0.2, 0) is 35.1 Å². The third-order valence-corrected chi connectivity index (χ3v) is 4.56. The fraction of sp³-hybridized carbons (Fsp3) is 0.435. The van der Waals surface area contributed by atoms with E-state index in [0.717, 1.165) is 0 Å². The number of esters is 3. The second-order valence-corrected chi connectivity index (χ2v) is 6.80. The highest BCUT2D eigenvalue weighted by Gasteiger charge is 2.30. The van der Waals surface area contributed by atoms with Crippen molar-refractivity contribution in [1.82, 2.24) is 4.57 Å². The van der Waals surface area contributed by atoms with Crippen LogP contribution in [0.25, 0.3) is 10.9 Å². The molecule has 0 amide bonds. The van der Waals surface area contributed by atoms with Crippen molar-refractivity contribution in [3.63, 3.8) is 0 Å². The van der Waals surface area contributed by atoms with Gasteiger partial charge >= 0.3 is 17.9 Å². The van der Waals surface area contributed by atoms with Gasteiger partial charge < -0.3 is 23.5 Å². The molecule has 0 fully saturated rings. The van der Waals surface area contributed by atoms with Gasteiger partial charge in [0.1, 0.15) is 0 Å². The highest BCUT2D eigenvalue weighted by molar-refractivity contribution is 5.95. The van der Waals surface area contributed by atoms with Crippen molar-refractivity contribution < 1.29 is 33.3 Å². The second-order valence-electron chi connectivity index (χ2n) is 6.80. The van der Waals surface area contributed by atoms with Crippen molar-refractivity contribution in [2.45, 2.75) is 33.7 Å². The largest absolute Gasteiger partial charge is 0.489 e. The van der Waals surface area contributed by atoms with Gasteiger partial charge in [-0.2, -0.15) is 0 Å². The smallest absolute Gasteiger partial charge is 0.322 e. The van der Waals surface area contributed by atoms with Crippen LogP contribution < -0.4 is 15.6 Å². The normalized spacial score (nSPS) is 10.7. The fourth-order valence-corrected chi connectivity index (χ4v) is 3.06. The summed E-state index contributed by atoms with van der Waals surface area (Å²) in [5.74, 6) is -3.35. The van der Waals surface area contributed by atoms with E-state index in [2.05, 4.69) is 0 Å².